The Labute approximate surface area is 175 Å². The molecule has 1 aliphatic carbocycles. The van der Waals surface area contributed by atoms with Gasteiger partial charge in [-0.15, -0.1) is 0 Å². The molecule has 164 valence electrons. The van der Waals surface area contributed by atoms with Gasteiger partial charge < -0.3 is 0 Å². The zero-order valence-corrected chi connectivity index (χ0v) is 17.4. The Kier molecular flexibility index (Phi) is 7.90. The highest BCUT2D eigenvalue weighted by Crippen LogP contribution is 2.35. The molecule has 0 amide bonds. The molecule has 0 spiro atoms. The van der Waals surface area contributed by atoms with Crippen LogP contribution in [0, 0.1) is 40.9 Å². The maximum absolute atomic E-state index is 14.5. The molecule has 2 aromatic rings. The van der Waals surface area contributed by atoms with Gasteiger partial charge in [0, 0.05) is 0 Å². The fraction of sp³-hybridized carbons (Fsp3) is 0.520. The van der Waals surface area contributed by atoms with Crippen LogP contribution in [0.15, 0.2) is 24.3 Å². The molecule has 0 heterocycles. The molecule has 5 heteroatoms. The van der Waals surface area contributed by atoms with Crippen molar-refractivity contribution >= 4 is 0 Å². The van der Waals surface area contributed by atoms with Crippen molar-refractivity contribution in [1.29, 1.82) is 0 Å². The summed E-state index contributed by atoms with van der Waals surface area (Å²) in [6.45, 7) is 2.21. The van der Waals surface area contributed by atoms with Crippen molar-refractivity contribution in [2.45, 2.75) is 71.1 Å². The minimum atomic E-state index is -1.66. The molecule has 0 aliphatic heterocycles. The number of halogens is 5. The van der Waals surface area contributed by atoms with Crippen LogP contribution >= 0.6 is 0 Å². The standard InChI is InChI=1S/C25H29F5/c1-2-3-4-5-16-6-8-17(9-7-16)10-11-18-12-20(26)24(21(27)13-18)19-14-22(28)25(30)23(29)15-19/h12-17H,2-11H2,1H3. The third kappa shape index (κ3) is 5.61. The second-order valence-electron chi connectivity index (χ2n) is 8.61. The molecule has 1 fully saturated rings. The van der Waals surface area contributed by atoms with E-state index in [4.69, 9.17) is 0 Å². The van der Waals surface area contributed by atoms with Gasteiger partial charge in [0.15, 0.2) is 17.5 Å². The second kappa shape index (κ2) is 10.4. The summed E-state index contributed by atoms with van der Waals surface area (Å²) in [5.74, 6) is -5.00. The Balaban J connectivity index is 1.60. The molecule has 0 atom stereocenters. The maximum Gasteiger partial charge on any atom is 0.194 e. The second-order valence-corrected chi connectivity index (χ2v) is 8.61. The van der Waals surface area contributed by atoms with Crippen LogP contribution in [0.1, 0.15) is 70.3 Å². The average molecular weight is 424 g/mol. The van der Waals surface area contributed by atoms with Crippen LogP contribution in [-0.4, -0.2) is 0 Å². The molecule has 0 bridgehead atoms. The van der Waals surface area contributed by atoms with Crippen LogP contribution in [0.5, 0.6) is 0 Å². The van der Waals surface area contributed by atoms with Crippen molar-refractivity contribution in [3.63, 3.8) is 0 Å². The average Bonchev–Trinajstić information content (AvgIpc) is 2.71. The molecule has 1 aliphatic rings. The molecular weight excluding hydrogens is 395 g/mol. The van der Waals surface area contributed by atoms with Crippen molar-refractivity contribution in [1.82, 2.24) is 0 Å². The predicted molar refractivity (Wildman–Crippen MR) is 110 cm³/mol. The van der Waals surface area contributed by atoms with E-state index in [9.17, 15) is 22.0 Å². The van der Waals surface area contributed by atoms with Gasteiger partial charge in [-0.3, -0.25) is 0 Å². The van der Waals surface area contributed by atoms with Crippen LogP contribution in [0.2, 0.25) is 0 Å². The Morgan fingerprint density at radius 2 is 1.23 bits per heavy atom. The summed E-state index contributed by atoms with van der Waals surface area (Å²) < 4.78 is 69.1. The quantitative estimate of drug-likeness (QED) is 0.227. The first-order valence-corrected chi connectivity index (χ1v) is 11.0. The molecule has 0 N–H and O–H groups in total. The van der Waals surface area contributed by atoms with Crippen molar-refractivity contribution < 1.29 is 22.0 Å². The molecule has 0 saturated heterocycles. The summed E-state index contributed by atoms with van der Waals surface area (Å²) >= 11 is 0. The molecule has 0 unspecified atom stereocenters. The molecule has 0 aromatic heterocycles. The third-order valence-electron chi connectivity index (χ3n) is 6.40. The molecule has 0 radical (unpaired) electrons. The van der Waals surface area contributed by atoms with Crippen LogP contribution in [-0.2, 0) is 6.42 Å². The largest absolute Gasteiger partial charge is 0.206 e. The van der Waals surface area contributed by atoms with Gasteiger partial charge in [-0.25, -0.2) is 22.0 Å². The van der Waals surface area contributed by atoms with Gasteiger partial charge in [0.1, 0.15) is 11.6 Å². The monoisotopic (exact) mass is 424 g/mol. The lowest BCUT2D eigenvalue weighted by atomic mass is 9.77. The van der Waals surface area contributed by atoms with Crippen molar-refractivity contribution in [3.05, 3.63) is 58.9 Å². The number of hydrogen-bond acceptors (Lipinski definition) is 0. The lowest BCUT2D eigenvalue weighted by Crippen LogP contribution is -2.15. The van der Waals surface area contributed by atoms with Gasteiger partial charge in [-0.1, -0.05) is 58.3 Å². The summed E-state index contributed by atoms with van der Waals surface area (Å²) in [7, 11) is 0. The van der Waals surface area contributed by atoms with E-state index in [0.29, 0.717) is 30.0 Å². The van der Waals surface area contributed by atoms with E-state index >= 15 is 0 Å². The summed E-state index contributed by atoms with van der Waals surface area (Å²) in [6.07, 6.45) is 11.4. The van der Waals surface area contributed by atoms with E-state index in [1.54, 1.807) is 0 Å². The first kappa shape index (κ1) is 22.8. The van der Waals surface area contributed by atoms with E-state index in [1.807, 2.05) is 0 Å². The van der Waals surface area contributed by atoms with Gasteiger partial charge in [0.05, 0.1) is 5.56 Å². The zero-order valence-electron chi connectivity index (χ0n) is 17.4. The first-order valence-electron chi connectivity index (χ1n) is 11.0. The summed E-state index contributed by atoms with van der Waals surface area (Å²) in [5.41, 5.74) is -0.361. The third-order valence-corrected chi connectivity index (χ3v) is 6.40. The summed E-state index contributed by atoms with van der Waals surface area (Å²) in [6, 6.07) is 3.65. The Bertz CT molecular complexity index is 807. The fourth-order valence-electron chi connectivity index (χ4n) is 4.61. The summed E-state index contributed by atoms with van der Waals surface area (Å²) in [5, 5.41) is 0. The lowest BCUT2D eigenvalue weighted by Gasteiger charge is -2.28. The minimum Gasteiger partial charge on any atom is -0.206 e. The number of rotatable bonds is 8. The Morgan fingerprint density at radius 1 is 0.700 bits per heavy atom. The number of aryl methyl sites for hydroxylation is 1. The van der Waals surface area contributed by atoms with Crippen molar-refractivity contribution in [2.75, 3.05) is 0 Å². The number of benzene rings is 2. The highest BCUT2D eigenvalue weighted by atomic mass is 19.2. The first-order chi connectivity index (χ1) is 14.4. The van der Waals surface area contributed by atoms with Gasteiger partial charge in [-0.2, -0.15) is 0 Å². The smallest absolute Gasteiger partial charge is 0.194 e. The van der Waals surface area contributed by atoms with E-state index in [1.165, 1.54) is 50.7 Å². The number of unbranched alkanes of at least 4 members (excludes halogenated alkanes) is 2. The number of hydrogen-bond donors (Lipinski definition) is 0. The zero-order chi connectivity index (χ0) is 21.7. The van der Waals surface area contributed by atoms with E-state index in [-0.39, 0.29) is 5.56 Å². The summed E-state index contributed by atoms with van der Waals surface area (Å²) in [4.78, 5) is 0. The van der Waals surface area contributed by atoms with Crippen LogP contribution < -0.4 is 0 Å². The minimum absolute atomic E-state index is 0.352. The molecule has 0 nitrogen and oxygen atoms in total. The SMILES string of the molecule is CCCCCC1CCC(CCc2cc(F)c(-c3cc(F)c(F)c(F)c3)c(F)c2)CC1. The van der Waals surface area contributed by atoms with Gasteiger partial charge in [-0.05, 0) is 60.1 Å². The molecule has 2 aromatic carbocycles. The molecule has 30 heavy (non-hydrogen) atoms. The van der Waals surface area contributed by atoms with Gasteiger partial charge in [0.2, 0.25) is 0 Å². The van der Waals surface area contributed by atoms with Crippen LogP contribution in [0.3, 0.4) is 0 Å². The molecule has 1 saturated carbocycles. The van der Waals surface area contributed by atoms with Crippen molar-refractivity contribution in [3.8, 4) is 11.1 Å². The van der Waals surface area contributed by atoms with Crippen LogP contribution in [0.4, 0.5) is 22.0 Å². The topological polar surface area (TPSA) is 0 Å². The van der Waals surface area contributed by atoms with E-state index in [0.717, 1.165) is 25.2 Å². The normalized spacial score (nSPS) is 19.3. The Hall–Kier alpha value is -1.91. The van der Waals surface area contributed by atoms with Crippen molar-refractivity contribution in [2.24, 2.45) is 11.8 Å². The lowest BCUT2D eigenvalue weighted by molar-refractivity contribution is 0.249. The Morgan fingerprint density at radius 3 is 1.77 bits per heavy atom. The van der Waals surface area contributed by atoms with E-state index in [2.05, 4.69) is 6.92 Å². The fourth-order valence-corrected chi connectivity index (χ4v) is 4.61. The van der Waals surface area contributed by atoms with Crippen LogP contribution in [0.25, 0.3) is 11.1 Å². The highest BCUT2D eigenvalue weighted by Gasteiger charge is 2.22. The molecule has 3 rings (SSSR count). The molecular formula is C25H29F5. The van der Waals surface area contributed by atoms with Gasteiger partial charge >= 0.3 is 0 Å². The van der Waals surface area contributed by atoms with E-state index < -0.39 is 34.6 Å². The van der Waals surface area contributed by atoms with Gasteiger partial charge in [0.25, 0.3) is 0 Å². The maximum atomic E-state index is 14.5. The predicted octanol–water partition coefficient (Wildman–Crippen LogP) is 8.37. The highest BCUT2D eigenvalue weighted by molar-refractivity contribution is 5.65.